The zero-order chi connectivity index (χ0) is 19.5. The van der Waals surface area contributed by atoms with Crippen molar-refractivity contribution in [3.8, 4) is 5.75 Å². The Hall–Kier alpha value is -1.87. The lowest BCUT2D eigenvalue weighted by Crippen LogP contribution is -2.47. The number of methoxy groups -OCH3 is 1. The van der Waals surface area contributed by atoms with E-state index in [9.17, 15) is 5.11 Å². The van der Waals surface area contributed by atoms with E-state index in [0.717, 1.165) is 31.4 Å². The van der Waals surface area contributed by atoms with E-state index in [2.05, 4.69) is 43.1 Å². The number of nitrogens with zero attached hydrogens (tertiary/aromatic N) is 1. The summed E-state index contributed by atoms with van der Waals surface area (Å²) in [6.07, 6.45) is 17.4. The number of pyridine rings is 1. The van der Waals surface area contributed by atoms with Gasteiger partial charge in [0, 0.05) is 17.2 Å². The first-order chi connectivity index (χ1) is 13.5. The Morgan fingerprint density at radius 3 is 2.82 bits per heavy atom. The topological polar surface area (TPSA) is 42.4 Å². The van der Waals surface area contributed by atoms with Gasteiger partial charge in [-0.05, 0) is 67.4 Å². The third kappa shape index (κ3) is 2.48. The van der Waals surface area contributed by atoms with Crippen LogP contribution in [0.4, 0.5) is 0 Å². The van der Waals surface area contributed by atoms with E-state index in [-0.39, 0.29) is 16.9 Å². The molecule has 4 aliphatic rings. The number of rotatable bonds is 2. The molecule has 1 aromatic rings. The van der Waals surface area contributed by atoms with Crippen LogP contribution < -0.4 is 4.74 Å². The van der Waals surface area contributed by atoms with E-state index < -0.39 is 0 Å². The minimum Gasteiger partial charge on any atom is -0.495 e. The molecule has 0 spiro atoms. The molecule has 1 aromatic heterocycles. The molecule has 148 valence electrons. The molecule has 0 bridgehead atoms. The molecule has 2 saturated carbocycles. The van der Waals surface area contributed by atoms with E-state index in [1.165, 1.54) is 29.6 Å². The average molecular weight is 378 g/mol. The minimum absolute atomic E-state index is 0.102. The molecule has 4 aliphatic carbocycles. The van der Waals surface area contributed by atoms with E-state index >= 15 is 0 Å². The lowest BCUT2D eigenvalue weighted by molar-refractivity contribution is 0.0369. The fraction of sp³-hybridized carbons (Fsp3) is 0.560. The van der Waals surface area contributed by atoms with Gasteiger partial charge in [0.05, 0.1) is 19.4 Å². The molecule has 3 heteroatoms. The Kier molecular flexibility index (Phi) is 4.10. The van der Waals surface area contributed by atoms with Gasteiger partial charge in [-0.1, -0.05) is 43.2 Å². The fourth-order valence-electron chi connectivity index (χ4n) is 6.74. The van der Waals surface area contributed by atoms with Crippen LogP contribution in [-0.2, 0) is 0 Å². The molecule has 5 atom stereocenters. The van der Waals surface area contributed by atoms with Crippen molar-refractivity contribution in [1.82, 2.24) is 4.98 Å². The molecule has 0 aliphatic heterocycles. The summed E-state index contributed by atoms with van der Waals surface area (Å²) in [4.78, 5) is 4.40. The largest absolute Gasteiger partial charge is 0.495 e. The van der Waals surface area contributed by atoms with Gasteiger partial charge in [0.2, 0.25) is 0 Å². The van der Waals surface area contributed by atoms with Gasteiger partial charge < -0.3 is 9.84 Å². The Bertz CT molecular complexity index is 898. The summed E-state index contributed by atoms with van der Waals surface area (Å²) in [5.41, 5.74) is 6.09. The summed E-state index contributed by atoms with van der Waals surface area (Å²) in [5, 5.41) is 10.2. The van der Waals surface area contributed by atoms with Gasteiger partial charge in [-0.15, -0.1) is 0 Å². The second kappa shape index (κ2) is 6.32. The SMILES string of the molecule is COc1cncc(C2=CC=C3C4CC=C5CC(O)CCC5(C)C4CCC23C)c1. The number of aliphatic hydroxyl groups excluding tert-OH is 1. The number of aromatic nitrogens is 1. The molecule has 5 unspecified atom stereocenters. The van der Waals surface area contributed by atoms with Crippen LogP contribution in [0.15, 0.2) is 47.8 Å². The molecular weight excluding hydrogens is 346 g/mol. The first-order valence-electron chi connectivity index (χ1n) is 10.8. The summed E-state index contributed by atoms with van der Waals surface area (Å²) in [6.45, 7) is 4.90. The van der Waals surface area contributed by atoms with E-state index in [1.807, 2.05) is 6.20 Å². The zero-order valence-electron chi connectivity index (χ0n) is 17.2. The van der Waals surface area contributed by atoms with Crippen LogP contribution in [0.25, 0.3) is 5.57 Å². The van der Waals surface area contributed by atoms with Gasteiger partial charge in [0.25, 0.3) is 0 Å². The predicted octanol–water partition coefficient (Wildman–Crippen LogP) is 5.33. The molecule has 0 amide bonds. The summed E-state index contributed by atoms with van der Waals surface area (Å²) in [6, 6.07) is 2.12. The van der Waals surface area contributed by atoms with Crippen molar-refractivity contribution in [3.05, 3.63) is 53.4 Å². The number of hydrogen-bond acceptors (Lipinski definition) is 3. The Labute approximate surface area is 168 Å². The average Bonchev–Trinajstić information content (AvgIpc) is 3.06. The second-order valence-electron chi connectivity index (χ2n) is 9.68. The number of fused-ring (bicyclic) bond motifs is 5. The van der Waals surface area contributed by atoms with Crippen molar-refractivity contribution >= 4 is 5.57 Å². The lowest BCUT2D eigenvalue weighted by atomic mass is 9.49. The first kappa shape index (κ1) is 18.2. The lowest BCUT2D eigenvalue weighted by Gasteiger charge is -2.56. The van der Waals surface area contributed by atoms with Gasteiger partial charge in [0.15, 0.2) is 0 Å². The van der Waals surface area contributed by atoms with Crippen molar-refractivity contribution in [2.75, 3.05) is 7.11 Å². The first-order valence-corrected chi connectivity index (χ1v) is 10.8. The highest BCUT2D eigenvalue weighted by Crippen LogP contribution is 2.64. The van der Waals surface area contributed by atoms with Crippen molar-refractivity contribution in [2.24, 2.45) is 22.7 Å². The Morgan fingerprint density at radius 2 is 2.00 bits per heavy atom. The van der Waals surface area contributed by atoms with Crippen LogP contribution in [0.2, 0.25) is 0 Å². The molecular formula is C25H31NO2. The number of aliphatic hydroxyl groups is 1. The molecule has 3 nitrogen and oxygen atoms in total. The standard InChI is InChI=1S/C25H31NO2/c1-24-10-8-18(27)13-17(24)4-5-20-22-7-6-21(25(22,2)11-9-23(20)24)16-12-19(28-3)15-26-14-16/h4,6-7,12,14-15,18,20,23,27H,5,8-11,13H2,1-3H3. The van der Waals surface area contributed by atoms with E-state index in [0.29, 0.717) is 11.8 Å². The molecule has 1 N–H and O–H groups in total. The third-order valence-electron chi connectivity index (χ3n) is 8.38. The van der Waals surface area contributed by atoms with Crippen LogP contribution >= 0.6 is 0 Å². The highest BCUT2D eigenvalue weighted by molar-refractivity contribution is 5.78. The summed E-state index contributed by atoms with van der Waals surface area (Å²) in [5.74, 6) is 2.15. The van der Waals surface area contributed by atoms with Crippen LogP contribution in [0.5, 0.6) is 5.75 Å². The maximum atomic E-state index is 10.2. The quantitative estimate of drug-likeness (QED) is 0.709. The fourth-order valence-corrected chi connectivity index (χ4v) is 6.74. The second-order valence-corrected chi connectivity index (χ2v) is 9.68. The predicted molar refractivity (Wildman–Crippen MR) is 112 cm³/mol. The molecule has 2 fully saturated rings. The molecule has 0 radical (unpaired) electrons. The highest BCUT2D eigenvalue weighted by atomic mass is 16.5. The minimum atomic E-state index is -0.135. The molecule has 0 saturated heterocycles. The molecule has 28 heavy (non-hydrogen) atoms. The van der Waals surface area contributed by atoms with Gasteiger partial charge in [-0.25, -0.2) is 0 Å². The summed E-state index contributed by atoms with van der Waals surface area (Å²) < 4.78 is 5.42. The maximum absolute atomic E-state index is 10.2. The van der Waals surface area contributed by atoms with Gasteiger partial charge in [-0.3, -0.25) is 4.98 Å². The van der Waals surface area contributed by atoms with Crippen molar-refractivity contribution in [3.63, 3.8) is 0 Å². The molecule has 5 rings (SSSR count). The normalized spacial score (nSPS) is 39.1. The molecule has 1 heterocycles. The van der Waals surface area contributed by atoms with Gasteiger partial charge in [-0.2, -0.15) is 0 Å². The van der Waals surface area contributed by atoms with Gasteiger partial charge in [0.1, 0.15) is 5.75 Å². The monoisotopic (exact) mass is 377 g/mol. The van der Waals surface area contributed by atoms with Crippen molar-refractivity contribution < 1.29 is 9.84 Å². The van der Waals surface area contributed by atoms with Crippen LogP contribution in [0.3, 0.4) is 0 Å². The number of ether oxygens (including phenoxy) is 1. The summed E-state index contributed by atoms with van der Waals surface area (Å²) in [7, 11) is 1.70. The molecule has 0 aromatic carbocycles. The summed E-state index contributed by atoms with van der Waals surface area (Å²) >= 11 is 0. The Morgan fingerprint density at radius 1 is 1.14 bits per heavy atom. The van der Waals surface area contributed by atoms with Crippen molar-refractivity contribution in [1.29, 1.82) is 0 Å². The van der Waals surface area contributed by atoms with Gasteiger partial charge >= 0.3 is 0 Å². The number of hydrogen-bond donors (Lipinski definition) is 1. The van der Waals surface area contributed by atoms with Crippen LogP contribution in [0, 0.1) is 22.7 Å². The third-order valence-corrected chi connectivity index (χ3v) is 8.38. The highest BCUT2D eigenvalue weighted by Gasteiger charge is 2.54. The maximum Gasteiger partial charge on any atom is 0.137 e. The van der Waals surface area contributed by atoms with Crippen LogP contribution in [0.1, 0.15) is 57.9 Å². The van der Waals surface area contributed by atoms with Crippen LogP contribution in [-0.4, -0.2) is 23.3 Å². The smallest absolute Gasteiger partial charge is 0.137 e. The van der Waals surface area contributed by atoms with E-state index in [4.69, 9.17) is 4.74 Å². The van der Waals surface area contributed by atoms with E-state index in [1.54, 1.807) is 18.9 Å². The Balaban J connectivity index is 1.48. The van der Waals surface area contributed by atoms with Crippen molar-refractivity contribution in [2.45, 2.75) is 58.5 Å². The number of allylic oxidation sites excluding steroid dienone is 5. The zero-order valence-corrected chi connectivity index (χ0v) is 17.2.